The fourth-order valence-corrected chi connectivity index (χ4v) is 4.66. The lowest BCUT2D eigenvalue weighted by Crippen LogP contribution is -2.46. The summed E-state index contributed by atoms with van der Waals surface area (Å²) in [6.45, 7) is 4.64. The summed E-state index contributed by atoms with van der Waals surface area (Å²) in [5.74, 6) is 2.57. The molecule has 1 saturated carbocycles. The van der Waals surface area contributed by atoms with Crippen LogP contribution >= 0.6 is 15.9 Å². The Labute approximate surface area is 136 Å². The molecule has 21 heavy (non-hydrogen) atoms. The molecule has 3 heteroatoms. The van der Waals surface area contributed by atoms with Crippen molar-refractivity contribution in [3.63, 3.8) is 0 Å². The van der Waals surface area contributed by atoms with E-state index in [0.717, 1.165) is 40.5 Å². The van der Waals surface area contributed by atoms with Crippen LogP contribution in [0.25, 0.3) is 0 Å². The van der Waals surface area contributed by atoms with Crippen molar-refractivity contribution >= 4 is 15.9 Å². The Hall–Kier alpha value is -0.540. The van der Waals surface area contributed by atoms with Gasteiger partial charge in [0.1, 0.15) is 11.4 Å². The van der Waals surface area contributed by atoms with Crippen molar-refractivity contribution < 1.29 is 4.74 Å². The van der Waals surface area contributed by atoms with Crippen molar-refractivity contribution in [2.75, 3.05) is 0 Å². The zero-order chi connectivity index (χ0) is 15.0. The second-order valence-electron chi connectivity index (χ2n) is 7.37. The van der Waals surface area contributed by atoms with E-state index < -0.39 is 0 Å². The molecule has 1 spiro atoms. The normalized spacial score (nSPS) is 32.0. The van der Waals surface area contributed by atoms with Gasteiger partial charge >= 0.3 is 0 Å². The number of halogens is 1. The van der Waals surface area contributed by atoms with Crippen LogP contribution in [0.2, 0.25) is 0 Å². The van der Waals surface area contributed by atoms with Crippen LogP contribution in [0.4, 0.5) is 0 Å². The largest absolute Gasteiger partial charge is 0.487 e. The van der Waals surface area contributed by atoms with Crippen molar-refractivity contribution in [3.8, 4) is 5.75 Å². The number of hydrogen-bond acceptors (Lipinski definition) is 2. The lowest BCUT2D eigenvalue weighted by atomic mass is 9.71. The van der Waals surface area contributed by atoms with E-state index in [1.54, 1.807) is 0 Å². The van der Waals surface area contributed by atoms with Gasteiger partial charge in [0.15, 0.2) is 0 Å². The molecule has 1 aliphatic carbocycles. The molecule has 0 aromatic heterocycles. The van der Waals surface area contributed by atoms with Crippen molar-refractivity contribution in [2.45, 2.75) is 64.0 Å². The molecule has 1 aliphatic heterocycles. The molecular weight excluding hydrogens is 326 g/mol. The molecule has 3 rings (SSSR count). The molecule has 2 N–H and O–H groups in total. The molecule has 2 unspecified atom stereocenters. The van der Waals surface area contributed by atoms with E-state index >= 15 is 0 Å². The molecule has 1 fully saturated rings. The van der Waals surface area contributed by atoms with Gasteiger partial charge in [-0.05, 0) is 55.7 Å². The van der Waals surface area contributed by atoms with Gasteiger partial charge in [-0.1, -0.05) is 36.2 Å². The molecule has 0 amide bonds. The minimum Gasteiger partial charge on any atom is -0.487 e. The van der Waals surface area contributed by atoms with E-state index in [2.05, 4.69) is 48.0 Å². The molecule has 0 radical (unpaired) electrons. The highest BCUT2D eigenvalue weighted by molar-refractivity contribution is 9.10. The van der Waals surface area contributed by atoms with E-state index in [4.69, 9.17) is 10.5 Å². The Morgan fingerprint density at radius 2 is 2.19 bits per heavy atom. The zero-order valence-corrected chi connectivity index (χ0v) is 14.7. The third kappa shape index (κ3) is 3.29. The Bertz CT molecular complexity index is 516. The average molecular weight is 352 g/mol. The van der Waals surface area contributed by atoms with Crippen LogP contribution < -0.4 is 10.5 Å². The van der Waals surface area contributed by atoms with Crippen LogP contribution in [0, 0.1) is 11.8 Å². The van der Waals surface area contributed by atoms with E-state index in [9.17, 15) is 0 Å². The van der Waals surface area contributed by atoms with Crippen LogP contribution in [-0.2, 0) is 0 Å². The van der Waals surface area contributed by atoms with Crippen molar-refractivity contribution in [2.24, 2.45) is 17.6 Å². The Morgan fingerprint density at radius 1 is 1.38 bits per heavy atom. The molecule has 0 saturated heterocycles. The number of benzene rings is 1. The first-order valence-electron chi connectivity index (χ1n) is 8.21. The van der Waals surface area contributed by atoms with Gasteiger partial charge in [-0.25, -0.2) is 0 Å². The topological polar surface area (TPSA) is 35.2 Å². The summed E-state index contributed by atoms with van der Waals surface area (Å²) >= 11 is 3.53. The standard InChI is InChI=1S/C18H26BrNO/c1-12(2)8-13-4-3-7-18(10-13)11-16(20)15-9-14(19)5-6-17(15)21-18/h5-6,9,12-13,16H,3-4,7-8,10-11,20H2,1-2H3/t13?,16-,18?/m0/s1. The molecule has 2 nitrogen and oxygen atoms in total. The number of nitrogens with two attached hydrogens (primary N) is 1. The maximum Gasteiger partial charge on any atom is 0.124 e. The van der Waals surface area contributed by atoms with E-state index in [1.807, 2.05) is 0 Å². The number of hydrogen-bond donors (Lipinski definition) is 1. The van der Waals surface area contributed by atoms with E-state index in [-0.39, 0.29) is 11.6 Å². The molecule has 0 bridgehead atoms. The Morgan fingerprint density at radius 3 is 2.95 bits per heavy atom. The van der Waals surface area contributed by atoms with Crippen LogP contribution in [0.15, 0.2) is 22.7 Å². The highest BCUT2D eigenvalue weighted by Gasteiger charge is 2.43. The van der Waals surface area contributed by atoms with E-state index in [0.29, 0.717) is 0 Å². The Balaban J connectivity index is 1.82. The third-order valence-electron chi connectivity index (χ3n) is 5.00. The van der Waals surface area contributed by atoms with Gasteiger partial charge in [0, 0.05) is 22.5 Å². The number of ether oxygens (including phenoxy) is 1. The summed E-state index contributed by atoms with van der Waals surface area (Å²) in [7, 11) is 0. The first-order valence-corrected chi connectivity index (χ1v) is 9.01. The predicted molar refractivity (Wildman–Crippen MR) is 90.5 cm³/mol. The van der Waals surface area contributed by atoms with Gasteiger partial charge < -0.3 is 10.5 Å². The molecule has 116 valence electrons. The summed E-state index contributed by atoms with van der Waals surface area (Å²) in [5, 5.41) is 0. The molecular formula is C18H26BrNO. The third-order valence-corrected chi connectivity index (χ3v) is 5.49. The fraction of sp³-hybridized carbons (Fsp3) is 0.667. The van der Waals surface area contributed by atoms with Gasteiger partial charge in [0.2, 0.25) is 0 Å². The molecule has 1 heterocycles. The smallest absolute Gasteiger partial charge is 0.124 e. The summed E-state index contributed by atoms with van der Waals surface area (Å²) in [6.07, 6.45) is 7.24. The molecule has 1 aromatic carbocycles. The van der Waals surface area contributed by atoms with Crippen LogP contribution in [0.1, 0.15) is 64.0 Å². The monoisotopic (exact) mass is 351 g/mol. The van der Waals surface area contributed by atoms with Crippen molar-refractivity contribution in [1.82, 2.24) is 0 Å². The second-order valence-corrected chi connectivity index (χ2v) is 8.29. The second kappa shape index (κ2) is 5.92. The van der Waals surface area contributed by atoms with Gasteiger partial charge in [-0.3, -0.25) is 0 Å². The molecule has 1 aromatic rings. The Kier molecular flexibility index (Phi) is 4.33. The first kappa shape index (κ1) is 15.4. The molecule has 3 atom stereocenters. The maximum atomic E-state index is 6.50. The number of rotatable bonds is 2. The van der Waals surface area contributed by atoms with Crippen LogP contribution in [0.5, 0.6) is 5.75 Å². The predicted octanol–water partition coefficient (Wildman–Crippen LogP) is 5.21. The summed E-state index contributed by atoms with van der Waals surface area (Å²) < 4.78 is 7.58. The maximum absolute atomic E-state index is 6.50. The number of fused-ring (bicyclic) bond motifs is 1. The summed E-state index contributed by atoms with van der Waals surface area (Å²) in [5.41, 5.74) is 7.60. The summed E-state index contributed by atoms with van der Waals surface area (Å²) in [4.78, 5) is 0. The lowest BCUT2D eigenvalue weighted by Gasteiger charge is -2.46. The van der Waals surface area contributed by atoms with Gasteiger partial charge in [-0.15, -0.1) is 0 Å². The highest BCUT2D eigenvalue weighted by Crippen LogP contribution is 2.48. The SMILES string of the molecule is CC(C)CC1CCCC2(C1)C[C@H](N)c1cc(Br)ccc1O2. The molecule has 2 aliphatic rings. The van der Waals surface area contributed by atoms with Crippen LogP contribution in [0.3, 0.4) is 0 Å². The van der Waals surface area contributed by atoms with E-state index in [1.165, 1.54) is 25.7 Å². The minimum atomic E-state index is -0.0158. The van der Waals surface area contributed by atoms with Gasteiger partial charge in [0.25, 0.3) is 0 Å². The minimum absolute atomic E-state index is 0.0158. The van der Waals surface area contributed by atoms with Crippen LogP contribution in [-0.4, -0.2) is 5.60 Å². The zero-order valence-electron chi connectivity index (χ0n) is 13.1. The summed E-state index contributed by atoms with van der Waals surface area (Å²) in [6, 6.07) is 6.34. The first-order chi connectivity index (χ1) is 9.97. The van der Waals surface area contributed by atoms with Gasteiger partial charge in [-0.2, -0.15) is 0 Å². The van der Waals surface area contributed by atoms with Gasteiger partial charge in [0.05, 0.1) is 0 Å². The quantitative estimate of drug-likeness (QED) is 0.793. The lowest BCUT2D eigenvalue weighted by molar-refractivity contribution is -0.0201. The highest BCUT2D eigenvalue weighted by atomic mass is 79.9. The fourth-order valence-electron chi connectivity index (χ4n) is 4.28. The van der Waals surface area contributed by atoms with Crippen molar-refractivity contribution in [1.29, 1.82) is 0 Å². The van der Waals surface area contributed by atoms with Crippen molar-refractivity contribution in [3.05, 3.63) is 28.2 Å². The average Bonchev–Trinajstić information content (AvgIpc) is 2.39.